The Hall–Kier alpha value is -4.96. The van der Waals surface area contributed by atoms with Crippen molar-refractivity contribution in [3.05, 3.63) is 112 Å². The molecule has 0 radical (unpaired) electrons. The average molecular weight is 473 g/mol. The number of nitriles is 1. The van der Waals surface area contributed by atoms with Crippen molar-refractivity contribution >= 4 is 22.5 Å². The third-order valence-electron chi connectivity index (χ3n) is 6.14. The highest BCUT2D eigenvalue weighted by atomic mass is 16.1. The van der Waals surface area contributed by atoms with E-state index in [1.54, 1.807) is 4.57 Å². The largest absolute Gasteiger partial charge is 0.368 e. The van der Waals surface area contributed by atoms with E-state index in [1.165, 1.54) is 6.20 Å². The second kappa shape index (κ2) is 9.35. The zero-order valence-electron chi connectivity index (χ0n) is 19.9. The predicted molar refractivity (Wildman–Crippen MR) is 143 cm³/mol. The number of anilines is 2. The van der Waals surface area contributed by atoms with Crippen molar-refractivity contribution in [2.45, 2.75) is 19.9 Å². The number of hydrogen-bond donors (Lipinski definition) is 2. The highest BCUT2D eigenvalue weighted by molar-refractivity contribution is 5.96. The fraction of sp³-hybridized carbons (Fsp3) is 0.103. The van der Waals surface area contributed by atoms with Gasteiger partial charge in [-0.25, -0.2) is 4.98 Å². The Morgan fingerprint density at radius 2 is 1.81 bits per heavy atom. The van der Waals surface area contributed by atoms with Gasteiger partial charge in [0.1, 0.15) is 17.5 Å². The maximum absolute atomic E-state index is 14.2. The summed E-state index contributed by atoms with van der Waals surface area (Å²) in [7, 11) is 0. The summed E-state index contributed by atoms with van der Waals surface area (Å²) in [5.41, 5.74) is 10.4. The molecule has 176 valence electrons. The lowest BCUT2D eigenvalue weighted by atomic mass is 9.97. The highest BCUT2D eigenvalue weighted by Crippen LogP contribution is 2.30. The Labute approximate surface area is 208 Å². The molecule has 0 fully saturated rings. The second-order valence-electron chi connectivity index (χ2n) is 8.65. The number of nitrogen functional groups attached to an aromatic ring is 1. The van der Waals surface area contributed by atoms with Crippen molar-refractivity contribution in [2.24, 2.45) is 0 Å². The number of pyridine rings is 1. The van der Waals surface area contributed by atoms with Crippen molar-refractivity contribution in [3.8, 4) is 22.9 Å². The fourth-order valence-corrected chi connectivity index (χ4v) is 4.46. The molecule has 3 N–H and O–H groups in total. The van der Waals surface area contributed by atoms with Crippen LogP contribution >= 0.6 is 0 Å². The molecule has 0 spiro atoms. The summed E-state index contributed by atoms with van der Waals surface area (Å²) in [5, 5.41) is 14.2. The monoisotopic (exact) mass is 472 g/mol. The minimum absolute atomic E-state index is 0.0606. The molecule has 5 aromatic rings. The Morgan fingerprint density at radius 1 is 1.03 bits per heavy atom. The molecule has 0 saturated carbocycles. The first-order valence-corrected chi connectivity index (χ1v) is 11.6. The van der Waals surface area contributed by atoms with Crippen LogP contribution in [-0.2, 0) is 0 Å². The summed E-state index contributed by atoms with van der Waals surface area (Å²) in [6.45, 7) is 3.96. The van der Waals surface area contributed by atoms with Gasteiger partial charge in [0.2, 0.25) is 5.95 Å². The molecule has 1 atom stereocenters. The van der Waals surface area contributed by atoms with Crippen molar-refractivity contribution in [1.29, 1.82) is 5.26 Å². The van der Waals surface area contributed by atoms with Gasteiger partial charge in [-0.05, 0) is 48.6 Å². The van der Waals surface area contributed by atoms with E-state index in [-0.39, 0.29) is 23.1 Å². The van der Waals surface area contributed by atoms with Gasteiger partial charge in [0.05, 0.1) is 17.6 Å². The summed E-state index contributed by atoms with van der Waals surface area (Å²) in [6.07, 6.45) is 1.39. The molecular formula is C29H24N6O. The van der Waals surface area contributed by atoms with Crippen LogP contribution in [0.15, 0.2) is 89.9 Å². The lowest BCUT2D eigenvalue weighted by Gasteiger charge is -2.22. The Bertz CT molecular complexity index is 1680. The van der Waals surface area contributed by atoms with Crippen molar-refractivity contribution < 1.29 is 0 Å². The van der Waals surface area contributed by atoms with Gasteiger partial charge in [-0.1, -0.05) is 66.2 Å². The maximum Gasteiger partial charge on any atom is 0.263 e. The smallest absolute Gasteiger partial charge is 0.263 e. The topological polar surface area (TPSA) is 110 Å². The van der Waals surface area contributed by atoms with Gasteiger partial charge in [-0.2, -0.15) is 10.2 Å². The van der Waals surface area contributed by atoms with Crippen LogP contribution in [0.25, 0.3) is 27.6 Å². The number of nitrogens with two attached hydrogens (primary N) is 1. The van der Waals surface area contributed by atoms with E-state index >= 15 is 0 Å². The number of rotatable bonds is 5. The zero-order chi connectivity index (χ0) is 25.2. The van der Waals surface area contributed by atoms with Crippen molar-refractivity contribution in [3.63, 3.8) is 0 Å². The van der Waals surface area contributed by atoms with E-state index < -0.39 is 0 Å². The molecule has 2 aromatic heterocycles. The van der Waals surface area contributed by atoms with Gasteiger partial charge < -0.3 is 11.1 Å². The van der Waals surface area contributed by atoms with Gasteiger partial charge in [-0.15, -0.1) is 0 Å². The average Bonchev–Trinajstić information content (AvgIpc) is 2.89. The molecule has 2 heterocycles. The van der Waals surface area contributed by atoms with Crippen LogP contribution in [-0.4, -0.2) is 14.5 Å². The molecule has 7 heteroatoms. The van der Waals surface area contributed by atoms with E-state index in [4.69, 9.17) is 5.73 Å². The molecule has 1 unspecified atom stereocenters. The van der Waals surface area contributed by atoms with Crippen LogP contribution in [0.4, 0.5) is 11.8 Å². The van der Waals surface area contributed by atoms with Crippen LogP contribution in [0.1, 0.15) is 29.8 Å². The zero-order valence-corrected chi connectivity index (χ0v) is 19.9. The first-order valence-electron chi connectivity index (χ1n) is 11.6. The minimum Gasteiger partial charge on any atom is -0.368 e. The van der Waals surface area contributed by atoms with Crippen LogP contribution in [0, 0.1) is 18.3 Å². The summed E-state index contributed by atoms with van der Waals surface area (Å²) in [4.78, 5) is 22.3. The van der Waals surface area contributed by atoms with E-state index in [1.807, 2.05) is 86.6 Å². The van der Waals surface area contributed by atoms with Crippen molar-refractivity contribution in [1.82, 2.24) is 14.5 Å². The number of aryl methyl sites for hydroxylation is 1. The van der Waals surface area contributed by atoms with Crippen LogP contribution in [0.5, 0.6) is 0 Å². The predicted octanol–water partition coefficient (Wildman–Crippen LogP) is 5.38. The van der Waals surface area contributed by atoms with Gasteiger partial charge in [0, 0.05) is 11.4 Å². The number of nitrogens with one attached hydrogen (secondary N) is 1. The normalized spacial score (nSPS) is 11.7. The molecule has 0 aliphatic heterocycles. The van der Waals surface area contributed by atoms with E-state index in [0.29, 0.717) is 11.2 Å². The standard InChI is InChI=1S/C29H24N6O/c1-18-8-6-9-20(14-18)24-13-7-10-21-15-25(19(2)33-27-22(16-30)17-32-29(31)34-27)35(28(36)26(21)24)23-11-4-3-5-12-23/h3-15,17,19H,1-2H3,(H3,31,32,33,34). The molecule has 0 aliphatic carbocycles. The molecular weight excluding hydrogens is 448 g/mol. The summed E-state index contributed by atoms with van der Waals surface area (Å²) in [5.74, 6) is 0.378. The number of benzene rings is 3. The first-order chi connectivity index (χ1) is 17.5. The molecule has 3 aromatic carbocycles. The van der Waals surface area contributed by atoms with Gasteiger partial charge in [0.25, 0.3) is 5.56 Å². The Morgan fingerprint density at radius 3 is 2.56 bits per heavy atom. The lowest BCUT2D eigenvalue weighted by Crippen LogP contribution is -2.26. The SMILES string of the molecule is Cc1cccc(-c2cccc3cc(C(C)Nc4nc(N)ncc4C#N)n(-c4ccccc4)c(=O)c23)c1. The van der Waals surface area contributed by atoms with Gasteiger partial charge in [-0.3, -0.25) is 9.36 Å². The molecule has 0 aliphatic rings. The molecule has 0 bridgehead atoms. The van der Waals surface area contributed by atoms with E-state index in [2.05, 4.69) is 27.4 Å². The number of fused-ring (bicyclic) bond motifs is 1. The maximum atomic E-state index is 14.2. The summed E-state index contributed by atoms with van der Waals surface area (Å²) < 4.78 is 1.72. The van der Waals surface area contributed by atoms with Crippen molar-refractivity contribution in [2.75, 3.05) is 11.1 Å². The number of aromatic nitrogens is 3. The third-order valence-corrected chi connectivity index (χ3v) is 6.14. The minimum atomic E-state index is -0.383. The van der Waals surface area contributed by atoms with Crippen LogP contribution < -0.4 is 16.6 Å². The summed E-state index contributed by atoms with van der Waals surface area (Å²) in [6, 6.07) is 27.3. The molecule has 5 rings (SSSR count). The Kier molecular flexibility index (Phi) is 5.93. The third kappa shape index (κ3) is 4.17. The number of para-hydroxylation sites is 1. The fourth-order valence-electron chi connectivity index (χ4n) is 4.46. The molecule has 36 heavy (non-hydrogen) atoms. The molecule has 0 amide bonds. The number of nitrogens with zero attached hydrogens (tertiary/aromatic N) is 4. The molecule has 7 nitrogen and oxygen atoms in total. The number of hydrogen-bond acceptors (Lipinski definition) is 6. The quantitative estimate of drug-likeness (QED) is 0.355. The molecule has 0 saturated heterocycles. The first kappa shape index (κ1) is 22.8. The van der Waals surface area contributed by atoms with Crippen LogP contribution in [0.2, 0.25) is 0 Å². The van der Waals surface area contributed by atoms with Gasteiger partial charge >= 0.3 is 0 Å². The van der Waals surface area contributed by atoms with Crippen LogP contribution in [0.3, 0.4) is 0 Å². The Balaban J connectivity index is 1.75. The van der Waals surface area contributed by atoms with E-state index in [9.17, 15) is 10.1 Å². The summed E-state index contributed by atoms with van der Waals surface area (Å²) >= 11 is 0. The lowest BCUT2D eigenvalue weighted by molar-refractivity contribution is 0.772. The highest BCUT2D eigenvalue weighted by Gasteiger charge is 2.20. The van der Waals surface area contributed by atoms with Gasteiger partial charge in [0.15, 0.2) is 0 Å². The second-order valence-corrected chi connectivity index (χ2v) is 8.65. The van der Waals surface area contributed by atoms with E-state index in [0.717, 1.165) is 33.5 Å².